The Hall–Kier alpha value is -1.30. The van der Waals surface area contributed by atoms with Gasteiger partial charge in [0.25, 0.3) is 0 Å². The second kappa shape index (κ2) is 4.08. The number of H-pyrrole nitrogens is 1. The maximum atomic E-state index is 10.8. The van der Waals surface area contributed by atoms with Gasteiger partial charge < -0.3 is 9.73 Å². The van der Waals surface area contributed by atoms with E-state index in [0.717, 1.165) is 0 Å². The zero-order chi connectivity index (χ0) is 9.84. The molecule has 1 aromatic heterocycles. The highest BCUT2D eigenvalue weighted by molar-refractivity contribution is 6.27. The second-order valence-corrected chi connectivity index (χ2v) is 2.64. The molecule has 13 heavy (non-hydrogen) atoms. The summed E-state index contributed by atoms with van der Waals surface area (Å²) in [5.41, 5.74) is 0. The van der Waals surface area contributed by atoms with Crippen LogP contribution in [0.3, 0.4) is 0 Å². The van der Waals surface area contributed by atoms with E-state index in [1.165, 1.54) is 0 Å². The predicted octanol–water partition coefficient (Wildman–Crippen LogP) is -0.221. The van der Waals surface area contributed by atoms with E-state index in [4.69, 9.17) is 11.6 Å². The molecular weight excluding hydrogens is 198 g/mol. The van der Waals surface area contributed by atoms with E-state index in [0.29, 0.717) is 0 Å². The van der Waals surface area contributed by atoms with E-state index in [-0.39, 0.29) is 17.7 Å². The molecule has 0 aliphatic carbocycles. The number of hydrogen-bond donors (Lipinski definition) is 2. The Bertz CT molecular complexity index is 345. The van der Waals surface area contributed by atoms with E-state index in [9.17, 15) is 9.59 Å². The standard InChI is InChI=1S/C6H8ClN3O3/c1-3(8-4(11)2-7)5-9-10-6(12)13-5/h3H,2H2,1H3,(H,8,11)(H,10,12)/t3-/m1/s1. The van der Waals surface area contributed by atoms with Crippen molar-refractivity contribution in [3.8, 4) is 0 Å². The summed E-state index contributed by atoms with van der Waals surface area (Å²) in [6, 6.07) is -0.467. The van der Waals surface area contributed by atoms with Crippen molar-refractivity contribution in [2.24, 2.45) is 0 Å². The van der Waals surface area contributed by atoms with Gasteiger partial charge in [-0.1, -0.05) is 0 Å². The Morgan fingerprint density at radius 1 is 1.85 bits per heavy atom. The Labute approximate surface area is 78.3 Å². The van der Waals surface area contributed by atoms with E-state index in [1.54, 1.807) is 6.92 Å². The lowest BCUT2D eigenvalue weighted by molar-refractivity contribution is -0.119. The number of halogens is 1. The number of alkyl halides is 1. The summed E-state index contributed by atoms with van der Waals surface area (Å²) in [6.07, 6.45) is 0. The first-order valence-corrected chi connectivity index (χ1v) is 4.07. The van der Waals surface area contributed by atoms with Crippen LogP contribution in [0.5, 0.6) is 0 Å². The number of nitrogens with zero attached hydrogens (tertiary/aromatic N) is 1. The molecule has 1 heterocycles. The van der Waals surface area contributed by atoms with Crippen LogP contribution >= 0.6 is 11.6 Å². The topological polar surface area (TPSA) is 88.0 Å². The van der Waals surface area contributed by atoms with Gasteiger partial charge in [-0.3, -0.25) is 4.79 Å². The van der Waals surface area contributed by atoms with Crippen molar-refractivity contribution in [1.29, 1.82) is 0 Å². The Kier molecular flexibility index (Phi) is 3.07. The van der Waals surface area contributed by atoms with Gasteiger partial charge in [0.1, 0.15) is 11.9 Å². The Morgan fingerprint density at radius 3 is 3.00 bits per heavy atom. The number of carbonyl (C=O) groups is 1. The van der Waals surface area contributed by atoms with E-state index in [2.05, 4.69) is 19.9 Å². The molecule has 1 atom stereocenters. The summed E-state index contributed by atoms with van der Waals surface area (Å²) < 4.78 is 4.61. The van der Waals surface area contributed by atoms with Crippen molar-refractivity contribution >= 4 is 17.5 Å². The Morgan fingerprint density at radius 2 is 2.54 bits per heavy atom. The first-order valence-electron chi connectivity index (χ1n) is 3.54. The minimum absolute atomic E-state index is 0.128. The normalized spacial score (nSPS) is 12.5. The molecule has 0 radical (unpaired) electrons. The molecule has 72 valence electrons. The van der Waals surface area contributed by atoms with Crippen molar-refractivity contribution < 1.29 is 9.21 Å². The minimum atomic E-state index is -0.651. The number of aromatic nitrogens is 2. The lowest BCUT2D eigenvalue weighted by Crippen LogP contribution is -2.27. The van der Waals surface area contributed by atoms with Crippen LogP contribution in [-0.2, 0) is 4.79 Å². The van der Waals surface area contributed by atoms with Gasteiger partial charge in [0.2, 0.25) is 11.8 Å². The molecule has 0 aliphatic heterocycles. The molecule has 0 aromatic carbocycles. The predicted molar refractivity (Wildman–Crippen MR) is 44.4 cm³/mol. The second-order valence-electron chi connectivity index (χ2n) is 2.37. The number of rotatable bonds is 3. The molecule has 6 nitrogen and oxygen atoms in total. The maximum Gasteiger partial charge on any atom is 0.434 e. The molecule has 0 saturated heterocycles. The van der Waals surface area contributed by atoms with Crippen LogP contribution in [-0.4, -0.2) is 22.0 Å². The SMILES string of the molecule is C[C@@H](NC(=O)CCl)c1n[nH]c(=O)o1. The number of nitrogens with one attached hydrogen (secondary N) is 2. The van der Waals surface area contributed by atoms with Crippen LogP contribution in [0.1, 0.15) is 18.9 Å². The van der Waals surface area contributed by atoms with Crippen molar-refractivity contribution in [1.82, 2.24) is 15.5 Å². The van der Waals surface area contributed by atoms with Gasteiger partial charge in [0.15, 0.2) is 0 Å². The van der Waals surface area contributed by atoms with Gasteiger partial charge in [-0.15, -0.1) is 16.7 Å². The van der Waals surface area contributed by atoms with Crippen molar-refractivity contribution in [3.05, 3.63) is 16.4 Å². The number of amides is 1. The van der Waals surface area contributed by atoms with Crippen LogP contribution < -0.4 is 11.1 Å². The molecule has 0 aliphatic rings. The fourth-order valence-electron chi connectivity index (χ4n) is 0.768. The average molecular weight is 206 g/mol. The molecule has 0 fully saturated rings. The van der Waals surface area contributed by atoms with Crippen molar-refractivity contribution in [3.63, 3.8) is 0 Å². The fourth-order valence-corrected chi connectivity index (χ4v) is 0.846. The summed E-state index contributed by atoms with van der Waals surface area (Å²) in [5, 5.41) is 8.10. The highest BCUT2D eigenvalue weighted by Gasteiger charge is 2.13. The maximum absolute atomic E-state index is 10.8. The van der Waals surface area contributed by atoms with E-state index >= 15 is 0 Å². The molecule has 1 rings (SSSR count). The van der Waals surface area contributed by atoms with Gasteiger partial charge in [0.05, 0.1) is 0 Å². The highest BCUT2D eigenvalue weighted by Crippen LogP contribution is 2.04. The van der Waals surface area contributed by atoms with Crippen LogP contribution in [0.25, 0.3) is 0 Å². The summed E-state index contributed by atoms with van der Waals surface area (Å²) in [7, 11) is 0. The quantitative estimate of drug-likeness (QED) is 0.668. The molecule has 1 amide bonds. The zero-order valence-corrected chi connectivity index (χ0v) is 7.59. The molecule has 0 saturated carbocycles. The Balaban J connectivity index is 2.63. The highest BCUT2D eigenvalue weighted by atomic mass is 35.5. The lowest BCUT2D eigenvalue weighted by atomic mass is 10.3. The number of hydrogen-bond acceptors (Lipinski definition) is 4. The first-order chi connectivity index (χ1) is 6.13. The minimum Gasteiger partial charge on any atom is -0.390 e. The van der Waals surface area contributed by atoms with Gasteiger partial charge in [-0.05, 0) is 6.92 Å². The summed E-state index contributed by atoms with van der Waals surface area (Å²) in [4.78, 5) is 21.3. The largest absolute Gasteiger partial charge is 0.434 e. The van der Waals surface area contributed by atoms with Gasteiger partial charge >= 0.3 is 5.76 Å². The van der Waals surface area contributed by atoms with E-state index < -0.39 is 11.8 Å². The summed E-state index contributed by atoms with van der Waals surface area (Å²) in [6.45, 7) is 1.63. The molecule has 2 N–H and O–H groups in total. The van der Waals surface area contributed by atoms with Gasteiger partial charge in [-0.2, -0.15) is 0 Å². The zero-order valence-electron chi connectivity index (χ0n) is 6.83. The smallest absolute Gasteiger partial charge is 0.390 e. The summed E-state index contributed by atoms with van der Waals surface area (Å²) in [5.74, 6) is -1.01. The van der Waals surface area contributed by atoms with E-state index in [1.807, 2.05) is 0 Å². The first kappa shape index (κ1) is 9.79. The molecule has 0 bridgehead atoms. The number of carbonyl (C=O) groups excluding carboxylic acids is 1. The third-order valence-electron chi connectivity index (χ3n) is 1.32. The molecule has 7 heteroatoms. The third kappa shape index (κ3) is 2.59. The lowest BCUT2D eigenvalue weighted by Gasteiger charge is -2.06. The molecule has 0 spiro atoms. The van der Waals surface area contributed by atoms with Gasteiger partial charge in [0, 0.05) is 0 Å². The van der Waals surface area contributed by atoms with Crippen LogP contribution in [0.15, 0.2) is 9.21 Å². The molecule has 0 unspecified atom stereocenters. The third-order valence-corrected chi connectivity index (χ3v) is 1.57. The van der Waals surface area contributed by atoms with Gasteiger partial charge in [-0.25, -0.2) is 9.89 Å². The summed E-state index contributed by atoms with van der Waals surface area (Å²) >= 11 is 5.26. The van der Waals surface area contributed by atoms with Crippen LogP contribution in [0.2, 0.25) is 0 Å². The van der Waals surface area contributed by atoms with Crippen LogP contribution in [0.4, 0.5) is 0 Å². The molecule has 1 aromatic rings. The average Bonchev–Trinajstić information content (AvgIpc) is 2.51. The number of aromatic amines is 1. The monoisotopic (exact) mass is 205 g/mol. The van der Waals surface area contributed by atoms with Crippen molar-refractivity contribution in [2.75, 3.05) is 5.88 Å². The van der Waals surface area contributed by atoms with Crippen molar-refractivity contribution in [2.45, 2.75) is 13.0 Å². The molecular formula is C6H8ClN3O3. The van der Waals surface area contributed by atoms with Crippen LogP contribution in [0, 0.1) is 0 Å². The fraction of sp³-hybridized carbons (Fsp3) is 0.500.